The molecule has 0 bridgehead atoms. The van der Waals surface area contributed by atoms with Crippen LogP contribution in [0.15, 0.2) is 18.2 Å². The SMILES string of the molecule is Nc1cc(NC(=O)CCN2C(=O)COCC2=O)ccc1Cl. The van der Waals surface area contributed by atoms with Crippen LogP contribution in [0.4, 0.5) is 11.4 Å². The van der Waals surface area contributed by atoms with E-state index in [1.165, 1.54) is 6.07 Å². The Kier molecular flexibility index (Phi) is 4.77. The molecule has 0 spiro atoms. The third-order valence-corrected chi connectivity index (χ3v) is 3.24. The smallest absolute Gasteiger partial charge is 0.255 e. The monoisotopic (exact) mass is 311 g/mol. The summed E-state index contributed by atoms with van der Waals surface area (Å²) in [5.74, 6) is -1.20. The molecule has 1 saturated heterocycles. The van der Waals surface area contributed by atoms with Crippen molar-refractivity contribution in [1.29, 1.82) is 0 Å². The van der Waals surface area contributed by atoms with Gasteiger partial charge >= 0.3 is 0 Å². The standard InChI is InChI=1S/C13H14ClN3O4/c14-9-2-1-8(5-10(9)15)16-11(18)3-4-17-12(19)6-21-7-13(17)20/h1-2,5H,3-4,6-7,15H2,(H,16,18). The number of anilines is 2. The first-order valence-corrected chi connectivity index (χ1v) is 6.61. The highest BCUT2D eigenvalue weighted by Gasteiger charge is 2.26. The Balaban J connectivity index is 1.88. The van der Waals surface area contributed by atoms with E-state index in [1.807, 2.05) is 0 Å². The molecule has 0 unspecified atom stereocenters. The Morgan fingerprint density at radius 2 is 2.00 bits per heavy atom. The number of imide groups is 1. The van der Waals surface area contributed by atoms with Crippen LogP contribution in [0.2, 0.25) is 5.02 Å². The number of halogens is 1. The highest BCUT2D eigenvalue weighted by atomic mass is 35.5. The predicted molar refractivity (Wildman–Crippen MR) is 76.7 cm³/mol. The van der Waals surface area contributed by atoms with Crippen LogP contribution in [-0.2, 0) is 19.1 Å². The second-order valence-corrected chi connectivity index (χ2v) is 4.87. The summed E-state index contributed by atoms with van der Waals surface area (Å²) in [6, 6.07) is 4.72. The van der Waals surface area contributed by atoms with Gasteiger partial charge in [0.1, 0.15) is 13.2 Å². The van der Waals surface area contributed by atoms with Crippen molar-refractivity contribution < 1.29 is 19.1 Å². The van der Waals surface area contributed by atoms with Gasteiger partial charge in [-0.1, -0.05) is 11.6 Å². The van der Waals surface area contributed by atoms with Crippen LogP contribution in [-0.4, -0.2) is 42.4 Å². The number of rotatable bonds is 4. The first kappa shape index (κ1) is 15.3. The molecule has 3 N–H and O–H groups in total. The van der Waals surface area contributed by atoms with E-state index in [0.717, 1.165) is 4.90 Å². The van der Waals surface area contributed by atoms with Crippen LogP contribution >= 0.6 is 11.6 Å². The van der Waals surface area contributed by atoms with Crippen molar-refractivity contribution in [3.05, 3.63) is 23.2 Å². The lowest BCUT2D eigenvalue weighted by atomic mass is 10.2. The van der Waals surface area contributed by atoms with Gasteiger partial charge in [0.2, 0.25) is 5.91 Å². The summed E-state index contributed by atoms with van der Waals surface area (Å²) in [6.07, 6.45) is 0.0000111. The maximum absolute atomic E-state index is 11.8. The second kappa shape index (κ2) is 6.55. The summed E-state index contributed by atoms with van der Waals surface area (Å²) in [5, 5.41) is 3.02. The van der Waals surface area contributed by atoms with Gasteiger partial charge in [-0.05, 0) is 18.2 Å². The van der Waals surface area contributed by atoms with E-state index in [0.29, 0.717) is 16.4 Å². The molecule has 1 aromatic carbocycles. The molecule has 1 heterocycles. The summed E-state index contributed by atoms with van der Waals surface area (Å²) < 4.78 is 4.78. The van der Waals surface area contributed by atoms with Gasteiger partial charge in [0.15, 0.2) is 0 Å². The summed E-state index contributed by atoms with van der Waals surface area (Å²) in [4.78, 5) is 35.8. The fraction of sp³-hybridized carbons (Fsp3) is 0.308. The molecule has 112 valence electrons. The molecule has 1 fully saturated rings. The van der Waals surface area contributed by atoms with E-state index >= 15 is 0 Å². The third-order valence-electron chi connectivity index (χ3n) is 2.90. The van der Waals surface area contributed by atoms with Crippen molar-refractivity contribution in [3.63, 3.8) is 0 Å². The number of benzene rings is 1. The zero-order chi connectivity index (χ0) is 15.4. The molecule has 1 aliphatic rings. The molecule has 7 nitrogen and oxygen atoms in total. The number of carbonyl (C=O) groups is 3. The fourth-order valence-corrected chi connectivity index (χ4v) is 1.95. The number of carbonyl (C=O) groups excluding carboxylic acids is 3. The number of nitrogens with one attached hydrogen (secondary N) is 1. The molecule has 0 atom stereocenters. The average Bonchev–Trinajstić information content (AvgIpc) is 2.42. The summed E-state index contributed by atoms with van der Waals surface area (Å²) in [5.41, 5.74) is 6.48. The average molecular weight is 312 g/mol. The normalized spacial score (nSPS) is 15.2. The maximum Gasteiger partial charge on any atom is 0.255 e. The zero-order valence-corrected chi connectivity index (χ0v) is 11.9. The largest absolute Gasteiger partial charge is 0.397 e. The van der Waals surface area contributed by atoms with Gasteiger partial charge in [0.05, 0.1) is 10.7 Å². The molecular formula is C13H14ClN3O4. The molecule has 1 aliphatic heterocycles. The van der Waals surface area contributed by atoms with Crippen LogP contribution < -0.4 is 11.1 Å². The molecule has 21 heavy (non-hydrogen) atoms. The van der Waals surface area contributed by atoms with Gasteiger partial charge < -0.3 is 15.8 Å². The maximum atomic E-state index is 11.8. The van der Waals surface area contributed by atoms with Gasteiger partial charge in [0, 0.05) is 18.7 Å². The Labute approximate surface area is 126 Å². The Morgan fingerprint density at radius 1 is 1.33 bits per heavy atom. The van der Waals surface area contributed by atoms with Gasteiger partial charge in [-0.15, -0.1) is 0 Å². The highest BCUT2D eigenvalue weighted by molar-refractivity contribution is 6.33. The van der Waals surface area contributed by atoms with Gasteiger partial charge in [-0.3, -0.25) is 19.3 Å². The van der Waals surface area contributed by atoms with Crippen LogP contribution in [0.3, 0.4) is 0 Å². The van der Waals surface area contributed by atoms with Crippen molar-refractivity contribution in [3.8, 4) is 0 Å². The van der Waals surface area contributed by atoms with E-state index in [2.05, 4.69) is 5.32 Å². The Morgan fingerprint density at radius 3 is 2.62 bits per heavy atom. The molecule has 0 saturated carbocycles. The topological polar surface area (TPSA) is 102 Å². The number of nitrogens with zero attached hydrogens (tertiary/aromatic N) is 1. The lowest BCUT2D eigenvalue weighted by Crippen LogP contribution is -2.47. The van der Waals surface area contributed by atoms with Crippen molar-refractivity contribution in [1.82, 2.24) is 4.90 Å². The van der Waals surface area contributed by atoms with Crippen LogP contribution in [0.1, 0.15) is 6.42 Å². The van der Waals surface area contributed by atoms with E-state index in [4.69, 9.17) is 22.1 Å². The van der Waals surface area contributed by atoms with Crippen molar-refractivity contribution >= 4 is 40.7 Å². The molecular weight excluding hydrogens is 298 g/mol. The summed E-state index contributed by atoms with van der Waals surface area (Å²) in [7, 11) is 0. The minimum Gasteiger partial charge on any atom is -0.397 e. The minimum absolute atomic E-state index is 0.0000111. The van der Waals surface area contributed by atoms with E-state index in [1.54, 1.807) is 12.1 Å². The van der Waals surface area contributed by atoms with Gasteiger partial charge in [-0.2, -0.15) is 0 Å². The quantitative estimate of drug-likeness (QED) is 0.627. The Hall–Kier alpha value is -2.12. The second-order valence-electron chi connectivity index (χ2n) is 4.47. The van der Waals surface area contributed by atoms with E-state index < -0.39 is 11.8 Å². The van der Waals surface area contributed by atoms with Crippen molar-refractivity contribution in [2.75, 3.05) is 30.8 Å². The zero-order valence-electron chi connectivity index (χ0n) is 11.1. The summed E-state index contributed by atoms with van der Waals surface area (Å²) in [6.45, 7) is -0.252. The van der Waals surface area contributed by atoms with E-state index in [9.17, 15) is 14.4 Å². The van der Waals surface area contributed by atoms with Crippen LogP contribution in [0.25, 0.3) is 0 Å². The number of amides is 3. The molecule has 3 amide bonds. The lowest BCUT2D eigenvalue weighted by molar-refractivity contribution is -0.158. The molecule has 2 rings (SSSR count). The van der Waals surface area contributed by atoms with Crippen molar-refractivity contribution in [2.45, 2.75) is 6.42 Å². The number of nitrogens with two attached hydrogens (primary N) is 1. The molecule has 0 radical (unpaired) electrons. The van der Waals surface area contributed by atoms with Gasteiger partial charge in [0.25, 0.3) is 11.8 Å². The highest BCUT2D eigenvalue weighted by Crippen LogP contribution is 2.22. The first-order chi connectivity index (χ1) is 9.97. The number of ether oxygens (including phenoxy) is 1. The first-order valence-electron chi connectivity index (χ1n) is 6.23. The number of morpholine rings is 1. The molecule has 0 aromatic heterocycles. The molecule has 0 aliphatic carbocycles. The third kappa shape index (κ3) is 3.93. The minimum atomic E-state index is -0.435. The van der Waals surface area contributed by atoms with Crippen molar-refractivity contribution in [2.24, 2.45) is 0 Å². The number of hydrogen-bond donors (Lipinski definition) is 2. The predicted octanol–water partition coefficient (Wildman–Crippen LogP) is 0.636. The summed E-state index contributed by atoms with van der Waals surface area (Å²) >= 11 is 5.78. The Bertz CT molecular complexity index is 575. The van der Waals surface area contributed by atoms with Crippen LogP contribution in [0, 0.1) is 0 Å². The van der Waals surface area contributed by atoms with Gasteiger partial charge in [-0.25, -0.2) is 0 Å². The van der Waals surface area contributed by atoms with E-state index in [-0.39, 0.29) is 32.1 Å². The lowest BCUT2D eigenvalue weighted by Gasteiger charge is -2.24. The molecule has 8 heteroatoms. The fourth-order valence-electron chi connectivity index (χ4n) is 1.83. The van der Waals surface area contributed by atoms with Crippen LogP contribution in [0.5, 0.6) is 0 Å². The number of hydrogen-bond acceptors (Lipinski definition) is 5. The molecule has 1 aromatic rings. The number of nitrogen functional groups attached to an aromatic ring is 1.